The molecule has 0 radical (unpaired) electrons. The molecule has 1 aliphatic carbocycles. The Kier molecular flexibility index (Phi) is 9.09. The van der Waals surface area contributed by atoms with Crippen molar-refractivity contribution >= 4 is 44.8 Å². The van der Waals surface area contributed by atoms with E-state index >= 15 is 0 Å². The Hall–Kier alpha value is -3.95. The van der Waals surface area contributed by atoms with Crippen LogP contribution in [0.3, 0.4) is 0 Å². The summed E-state index contributed by atoms with van der Waals surface area (Å²) in [4.78, 5) is 25.0. The Morgan fingerprint density at radius 3 is 2.21 bits per heavy atom. The largest absolute Gasteiger partial charge is 0.573 e. The number of carbonyl (C=O) groups excluding carboxylic acids is 2. The molecule has 2 aromatic heterocycles. The van der Waals surface area contributed by atoms with Gasteiger partial charge < -0.3 is 15.2 Å². The molecule has 0 spiro atoms. The molecule has 10 nitrogen and oxygen atoms in total. The second-order valence-electron chi connectivity index (χ2n) is 9.67. The van der Waals surface area contributed by atoms with Gasteiger partial charge in [-0.2, -0.15) is 0 Å². The molecule has 2 aromatic carbocycles. The number of benzene rings is 2. The molecular weight excluding hydrogens is 593 g/mol. The van der Waals surface area contributed by atoms with Gasteiger partial charge >= 0.3 is 6.36 Å². The summed E-state index contributed by atoms with van der Waals surface area (Å²) in [6.45, 7) is 0. The van der Waals surface area contributed by atoms with Gasteiger partial charge in [-0.05, 0) is 42.5 Å². The van der Waals surface area contributed by atoms with Gasteiger partial charge in [-0.3, -0.25) is 14.9 Å². The number of nitrogens with zero attached hydrogens (tertiary/aromatic N) is 4. The molecular formula is C27H25F3N6O4S2. The highest BCUT2D eigenvalue weighted by Gasteiger charge is 2.32. The van der Waals surface area contributed by atoms with Crippen molar-refractivity contribution < 1.29 is 32.6 Å². The molecule has 1 aliphatic rings. The predicted octanol–water partition coefficient (Wildman–Crippen LogP) is 5.58. The minimum atomic E-state index is -4.82. The minimum Gasteiger partial charge on any atom is -0.406 e. The van der Waals surface area contributed by atoms with Gasteiger partial charge in [-0.25, -0.2) is 0 Å². The van der Waals surface area contributed by atoms with Crippen LogP contribution < -0.4 is 15.4 Å². The number of aliphatic hydroxyl groups is 1. The van der Waals surface area contributed by atoms with Crippen molar-refractivity contribution in [2.24, 2.45) is 0 Å². The Morgan fingerprint density at radius 2 is 1.57 bits per heavy atom. The summed E-state index contributed by atoms with van der Waals surface area (Å²) < 4.78 is 41.4. The molecule has 220 valence electrons. The number of hydrogen-bond donors (Lipinski definition) is 3. The molecule has 4 aromatic rings. The zero-order valence-corrected chi connectivity index (χ0v) is 23.5. The van der Waals surface area contributed by atoms with Crippen LogP contribution >= 0.6 is 22.7 Å². The summed E-state index contributed by atoms with van der Waals surface area (Å²) in [7, 11) is 0. The summed E-state index contributed by atoms with van der Waals surface area (Å²) in [5, 5.41) is 34.5. The molecule has 1 saturated carbocycles. The van der Waals surface area contributed by atoms with Crippen LogP contribution in [0.4, 0.5) is 23.4 Å². The van der Waals surface area contributed by atoms with Crippen molar-refractivity contribution in [2.75, 3.05) is 10.6 Å². The van der Waals surface area contributed by atoms with E-state index in [4.69, 9.17) is 0 Å². The number of rotatable bonds is 9. The number of anilines is 2. The van der Waals surface area contributed by atoms with Crippen LogP contribution in [-0.2, 0) is 16.0 Å². The molecule has 42 heavy (non-hydrogen) atoms. The van der Waals surface area contributed by atoms with E-state index in [1.54, 1.807) is 30.3 Å². The van der Waals surface area contributed by atoms with Crippen LogP contribution in [-0.4, -0.2) is 43.7 Å². The van der Waals surface area contributed by atoms with Crippen molar-refractivity contribution in [3.8, 4) is 5.75 Å². The van der Waals surface area contributed by atoms with Crippen LogP contribution in [0, 0.1) is 0 Å². The van der Waals surface area contributed by atoms with E-state index in [1.165, 1.54) is 40.9 Å². The Balaban J connectivity index is 1.15. The molecule has 5 rings (SSSR count). The number of nitrogens with one attached hydrogen (secondary N) is 2. The van der Waals surface area contributed by atoms with E-state index < -0.39 is 30.0 Å². The van der Waals surface area contributed by atoms with Crippen LogP contribution in [0.25, 0.3) is 0 Å². The lowest BCUT2D eigenvalue weighted by molar-refractivity contribution is -0.274. The maximum atomic E-state index is 12.5. The van der Waals surface area contributed by atoms with E-state index in [9.17, 15) is 27.9 Å². The van der Waals surface area contributed by atoms with Crippen molar-refractivity contribution in [1.29, 1.82) is 0 Å². The highest BCUT2D eigenvalue weighted by atomic mass is 32.1. The summed E-state index contributed by atoms with van der Waals surface area (Å²) >= 11 is 2.53. The van der Waals surface area contributed by atoms with Gasteiger partial charge in [0.1, 0.15) is 15.8 Å². The summed E-state index contributed by atoms with van der Waals surface area (Å²) in [5.74, 6) is -1.24. The first-order valence-corrected chi connectivity index (χ1v) is 14.6. The average molecular weight is 619 g/mol. The van der Waals surface area contributed by atoms with Gasteiger partial charge in [0.25, 0.3) is 5.91 Å². The topological polar surface area (TPSA) is 139 Å². The first-order chi connectivity index (χ1) is 20.1. The van der Waals surface area contributed by atoms with Crippen molar-refractivity contribution in [2.45, 2.75) is 56.4 Å². The van der Waals surface area contributed by atoms with Crippen LogP contribution in [0.1, 0.15) is 64.8 Å². The molecule has 0 bridgehead atoms. The lowest BCUT2D eigenvalue weighted by Crippen LogP contribution is -2.20. The Labute approximate surface area is 246 Å². The molecule has 2 heterocycles. The highest BCUT2D eigenvalue weighted by Crippen LogP contribution is 2.43. The van der Waals surface area contributed by atoms with Crippen molar-refractivity contribution in [3.05, 3.63) is 75.7 Å². The fourth-order valence-corrected chi connectivity index (χ4v) is 6.50. The van der Waals surface area contributed by atoms with E-state index in [0.29, 0.717) is 21.4 Å². The van der Waals surface area contributed by atoms with Crippen molar-refractivity contribution in [1.82, 2.24) is 20.4 Å². The zero-order valence-electron chi connectivity index (χ0n) is 21.9. The summed E-state index contributed by atoms with van der Waals surface area (Å²) in [5.41, 5.74) is 0.837. The maximum Gasteiger partial charge on any atom is 0.573 e. The fourth-order valence-electron chi connectivity index (χ4n) is 4.70. The second kappa shape index (κ2) is 12.9. The number of aromatic nitrogens is 4. The molecule has 3 atom stereocenters. The molecule has 0 saturated heterocycles. The summed E-state index contributed by atoms with van der Waals surface area (Å²) in [6, 6.07) is 13.9. The van der Waals surface area contributed by atoms with Crippen LogP contribution in [0.15, 0.2) is 54.6 Å². The number of hydrogen-bond acceptors (Lipinski definition) is 10. The number of amides is 2. The third-order valence-electron chi connectivity index (χ3n) is 6.59. The standard InChI is InChI=1S/C27H25F3N6O4S2/c28-27(29,30)40-19-11-4-6-15(12-19)13-20(37)31-25-35-33-23(41-25)17-9-5-10-18(14-17)24-34-36-26(42-24)32-22(39)21(38)16-7-2-1-3-8-16/h1-4,6-8,11-12,17-18,21,38H,5,9-10,13-14H2,(H,31,35,37)(H,32,36,39)/t17-,18-,21+/m0/s1. The highest BCUT2D eigenvalue weighted by molar-refractivity contribution is 7.15. The zero-order chi connectivity index (χ0) is 29.7. The van der Waals surface area contributed by atoms with E-state index in [0.717, 1.165) is 41.8 Å². The quantitative estimate of drug-likeness (QED) is 0.221. The maximum absolute atomic E-state index is 12.5. The van der Waals surface area contributed by atoms with Gasteiger partial charge in [0.2, 0.25) is 16.2 Å². The Bertz CT molecular complexity index is 1530. The van der Waals surface area contributed by atoms with E-state index in [2.05, 4.69) is 35.8 Å². The monoisotopic (exact) mass is 618 g/mol. The third-order valence-corrected chi connectivity index (χ3v) is 8.59. The average Bonchev–Trinajstić information content (AvgIpc) is 3.62. The van der Waals surface area contributed by atoms with Gasteiger partial charge in [-0.15, -0.1) is 33.6 Å². The number of halogens is 3. The lowest BCUT2D eigenvalue weighted by atomic mass is 9.82. The van der Waals surface area contributed by atoms with Gasteiger partial charge in [0.15, 0.2) is 6.10 Å². The lowest BCUT2D eigenvalue weighted by Gasteiger charge is -2.25. The molecule has 0 unspecified atom stereocenters. The normalized spacial score (nSPS) is 17.8. The Morgan fingerprint density at radius 1 is 0.929 bits per heavy atom. The number of ether oxygens (including phenoxy) is 1. The number of carbonyl (C=O) groups is 2. The molecule has 15 heteroatoms. The minimum absolute atomic E-state index is 0.0879. The second-order valence-corrected chi connectivity index (χ2v) is 11.7. The van der Waals surface area contributed by atoms with Crippen molar-refractivity contribution in [3.63, 3.8) is 0 Å². The number of alkyl halides is 3. The van der Waals surface area contributed by atoms with Crippen LogP contribution in [0.5, 0.6) is 5.75 Å². The molecule has 1 fully saturated rings. The summed E-state index contributed by atoms with van der Waals surface area (Å²) in [6.07, 6.45) is -2.86. The SMILES string of the molecule is O=C(Cc1cccc(OC(F)(F)F)c1)Nc1nnc([C@H]2CCC[C@H](c3nnc(NC(=O)[C@H](O)c4ccccc4)s3)C2)s1. The smallest absolute Gasteiger partial charge is 0.406 e. The molecule has 2 amide bonds. The third kappa shape index (κ3) is 7.86. The van der Waals surface area contributed by atoms with Gasteiger partial charge in [0.05, 0.1) is 6.42 Å². The number of aliphatic hydroxyl groups excluding tert-OH is 1. The molecule has 3 N–H and O–H groups in total. The molecule has 0 aliphatic heterocycles. The van der Waals surface area contributed by atoms with Gasteiger partial charge in [0, 0.05) is 11.8 Å². The van der Waals surface area contributed by atoms with Gasteiger partial charge in [-0.1, -0.05) is 71.6 Å². The fraction of sp³-hybridized carbons (Fsp3) is 0.333. The first-order valence-electron chi connectivity index (χ1n) is 13.0. The first kappa shape index (κ1) is 29.5. The van der Waals surface area contributed by atoms with E-state index in [-0.39, 0.29) is 18.3 Å². The predicted molar refractivity (Wildman–Crippen MR) is 149 cm³/mol. The van der Waals surface area contributed by atoms with Crippen LogP contribution in [0.2, 0.25) is 0 Å². The van der Waals surface area contributed by atoms with E-state index in [1.807, 2.05) is 0 Å².